The Balaban J connectivity index is 1.58. The molecule has 0 radical (unpaired) electrons. The summed E-state index contributed by atoms with van der Waals surface area (Å²) in [5.41, 5.74) is 0.636. The predicted octanol–water partition coefficient (Wildman–Crippen LogP) is 0.486. The van der Waals surface area contributed by atoms with E-state index >= 15 is 0 Å². The van der Waals surface area contributed by atoms with Gasteiger partial charge >= 0.3 is 0 Å². The molecule has 2 N–H and O–H groups in total. The van der Waals surface area contributed by atoms with Gasteiger partial charge in [0.15, 0.2) is 0 Å². The van der Waals surface area contributed by atoms with Crippen molar-refractivity contribution in [2.75, 3.05) is 18.8 Å². The highest BCUT2D eigenvalue weighted by Gasteiger charge is 2.39. The Morgan fingerprint density at radius 2 is 2.04 bits per heavy atom. The summed E-state index contributed by atoms with van der Waals surface area (Å²) in [6.45, 7) is 4.98. The number of piperidine rings is 1. The summed E-state index contributed by atoms with van der Waals surface area (Å²) in [7, 11) is 0. The molecular weight excluding hydrogens is 328 g/mol. The highest BCUT2D eigenvalue weighted by molar-refractivity contribution is 8.01. The molecule has 2 amide bonds. The average molecular weight is 350 g/mol. The van der Waals surface area contributed by atoms with E-state index in [0.29, 0.717) is 18.8 Å². The molecule has 2 aliphatic rings. The Morgan fingerprint density at radius 1 is 1.33 bits per heavy atom. The Bertz CT molecular complexity index is 695. The molecule has 1 aromatic rings. The number of thioether (sulfide) groups is 1. The Kier molecular flexibility index (Phi) is 4.67. The fraction of sp³-hybridized carbons (Fsp3) is 0.625. The lowest BCUT2D eigenvalue weighted by molar-refractivity contribution is -0.137. The molecule has 24 heavy (non-hydrogen) atoms. The quantitative estimate of drug-likeness (QED) is 0.809. The monoisotopic (exact) mass is 350 g/mol. The number of carbonyl (C=O) groups is 2. The van der Waals surface area contributed by atoms with Crippen LogP contribution in [0.5, 0.6) is 0 Å². The smallest absolute Gasteiger partial charge is 0.250 e. The van der Waals surface area contributed by atoms with Gasteiger partial charge in [0.25, 0.3) is 5.56 Å². The van der Waals surface area contributed by atoms with E-state index in [9.17, 15) is 14.4 Å². The van der Waals surface area contributed by atoms with Crippen molar-refractivity contribution in [2.24, 2.45) is 0 Å². The highest BCUT2D eigenvalue weighted by atomic mass is 32.2. The molecule has 0 bridgehead atoms. The average Bonchev–Trinajstić information content (AvgIpc) is 2.57. The first-order valence-corrected chi connectivity index (χ1v) is 9.14. The standard InChI is InChI=1S/C16H22N4O3S/c1-16(2)15(23)19-12(8-24-16)14(22)20-5-3-10(4-6-20)11-7-13(21)18-9-17-11/h7,9-10,12H,3-6,8H2,1-2H3,(H,19,23)(H,17,18,21). The minimum atomic E-state index is -0.476. The third-order valence-corrected chi connectivity index (χ3v) is 6.09. The molecule has 3 rings (SSSR count). The molecule has 2 aliphatic heterocycles. The molecule has 0 aliphatic carbocycles. The lowest BCUT2D eigenvalue weighted by Crippen LogP contribution is -2.58. The molecule has 8 heteroatoms. The lowest BCUT2D eigenvalue weighted by atomic mass is 9.93. The van der Waals surface area contributed by atoms with Crippen LogP contribution in [0, 0.1) is 0 Å². The Labute approximate surface area is 144 Å². The molecule has 1 atom stereocenters. The second kappa shape index (κ2) is 6.58. The molecule has 1 unspecified atom stereocenters. The SMILES string of the molecule is CC1(C)SCC(C(=O)N2CCC(c3cc(=O)[nH]cn3)CC2)NC1=O. The zero-order valence-electron chi connectivity index (χ0n) is 13.9. The number of hydrogen-bond acceptors (Lipinski definition) is 5. The van der Waals surface area contributed by atoms with Crippen molar-refractivity contribution in [3.05, 3.63) is 28.4 Å². The largest absolute Gasteiger partial charge is 0.342 e. The number of nitrogens with one attached hydrogen (secondary N) is 2. The molecule has 0 saturated carbocycles. The van der Waals surface area contributed by atoms with Crippen LogP contribution < -0.4 is 10.9 Å². The number of carbonyl (C=O) groups excluding carboxylic acids is 2. The third-order valence-electron chi connectivity index (χ3n) is 4.69. The van der Waals surface area contributed by atoms with Gasteiger partial charge in [0.2, 0.25) is 11.8 Å². The van der Waals surface area contributed by atoms with Crippen LogP contribution in [-0.2, 0) is 9.59 Å². The first kappa shape index (κ1) is 17.0. The molecule has 7 nitrogen and oxygen atoms in total. The molecule has 130 valence electrons. The minimum Gasteiger partial charge on any atom is -0.342 e. The van der Waals surface area contributed by atoms with Crippen molar-refractivity contribution in [3.63, 3.8) is 0 Å². The van der Waals surface area contributed by atoms with E-state index in [0.717, 1.165) is 18.5 Å². The molecule has 0 aromatic carbocycles. The van der Waals surface area contributed by atoms with Gasteiger partial charge in [-0.2, -0.15) is 0 Å². The summed E-state index contributed by atoms with van der Waals surface area (Å²) >= 11 is 1.52. The number of aromatic amines is 1. The first-order valence-electron chi connectivity index (χ1n) is 8.15. The molecule has 2 saturated heterocycles. The first-order chi connectivity index (χ1) is 11.4. The number of rotatable bonds is 2. The zero-order valence-corrected chi connectivity index (χ0v) is 14.7. The van der Waals surface area contributed by atoms with Crippen molar-refractivity contribution in [3.8, 4) is 0 Å². The van der Waals surface area contributed by atoms with E-state index < -0.39 is 10.8 Å². The van der Waals surface area contributed by atoms with Crippen molar-refractivity contribution in [2.45, 2.75) is 43.4 Å². The van der Waals surface area contributed by atoms with E-state index in [1.807, 2.05) is 18.7 Å². The minimum absolute atomic E-state index is 0.0105. The van der Waals surface area contributed by atoms with Crippen LogP contribution in [0.3, 0.4) is 0 Å². The van der Waals surface area contributed by atoms with Crippen molar-refractivity contribution in [1.29, 1.82) is 0 Å². The summed E-state index contributed by atoms with van der Waals surface area (Å²) in [5.74, 6) is 0.710. The predicted molar refractivity (Wildman–Crippen MR) is 91.9 cm³/mol. The number of nitrogens with zero attached hydrogens (tertiary/aromatic N) is 2. The lowest BCUT2D eigenvalue weighted by Gasteiger charge is -2.38. The van der Waals surface area contributed by atoms with Gasteiger partial charge in [-0.3, -0.25) is 14.4 Å². The number of H-pyrrole nitrogens is 1. The van der Waals surface area contributed by atoms with Gasteiger partial charge in [-0.15, -0.1) is 11.8 Å². The molecule has 0 spiro atoms. The van der Waals surface area contributed by atoms with Crippen LogP contribution in [0.2, 0.25) is 0 Å². The van der Waals surface area contributed by atoms with Gasteiger partial charge in [-0.25, -0.2) is 4.98 Å². The number of aromatic nitrogens is 2. The van der Waals surface area contributed by atoms with Crippen molar-refractivity contribution >= 4 is 23.6 Å². The highest BCUT2D eigenvalue weighted by Crippen LogP contribution is 2.31. The normalized spacial score (nSPS) is 24.5. The van der Waals surface area contributed by atoms with Crippen LogP contribution in [0.4, 0.5) is 0 Å². The van der Waals surface area contributed by atoms with Crippen LogP contribution in [0.25, 0.3) is 0 Å². The maximum absolute atomic E-state index is 12.6. The summed E-state index contributed by atoms with van der Waals surface area (Å²) < 4.78 is -0.476. The summed E-state index contributed by atoms with van der Waals surface area (Å²) in [4.78, 5) is 44.6. The summed E-state index contributed by atoms with van der Waals surface area (Å²) in [5, 5.41) is 2.85. The topological polar surface area (TPSA) is 95.2 Å². The van der Waals surface area contributed by atoms with Gasteiger partial charge in [0.1, 0.15) is 6.04 Å². The maximum Gasteiger partial charge on any atom is 0.250 e. The fourth-order valence-corrected chi connectivity index (χ4v) is 4.09. The summed E-state index contributed by atoms with van der Waals surface area (Å²) in [6, 6.07) is 1.09. The van der Waals surface area contributed by atoms with Gasteiger partial charge in [-0.1, -0.05) is 0 Å². The van der Waals surface area contributed by atoms with E-state index in [4.69, 9.17) is 0 Å². The van der Waals surface area contributed by atoms with Crippen LogP contribution >= 0.6 is 11.8 Å². The molecule has 2 fully saturated rings. The number of hydrogen-bond donors (Lipinski definition) is 2. The maximum atomic E-state index is 12.6. The second-order valence-electron chi connectivity index (χ2n) is 6.78. The number of likely N-dealkylation sites (tertiary alicyclic amines) is 1. The second-order valence-corrected chi connectivity index (χ2v) is 8.43. The van der Waals surface area contributed by atoms with Crippen LogP contribution in [-0.4, -0.2) is 56.3 Å². The van der Waals surface area contributed by atoms with E-state index in [2.05, 4.69) is 15.3 Å². The summed E-state index contributed by atoms with van der Waals surface area (Å²) in [6.07, 6.45) is 2.98. The van der Waals surface area contributed by atoms with Gasteiger partial charge < -0.3 is 15.2 Å². The third kappa shape index (κ3) is 3.48. The van der Waals surface area contributed by atoms with E-state index in [1.54, 1.807) is 0 Å². The molecule has 1 aromatic heterocycles. The van der Waals surface area contributed by atoms with Gasteiger partial charge in [0, 0.05) is 30.8 Å². The Hall–Kier alpha value is -1.83. The van der Waals surface area contributed by atoms with Gasteiger partial charge in [0.05, 0.1) is 16.8 Å². The van der Waals surface area contributed by atoms with Crippen molar-refractivity contribution < 1.29 is 9.59 Å². The van der Waals surface area contributed by atoms with Crippen LogP contribution in [0.15, 0.2) is 17.2 Å². The van der Waals surface area contributed by atoms with E-state index in [1.165, 1.54) is 24.2 Å². The van der Waals surface area contributed by atoms with Gasteiger partial charge in [-0.05, 0) is 26.7 Å². The number of amides is 2. The Morgan fingerprint density at radius 3 is 2.67 bits per heavy atom. The van der Waals surface area contributed by atoms with E-state index in [-0.39, 0.29) is 23.3 Å². The molecule has 3 heterocycles. The molecular formula is C16H22N4O3S. The van der Waals surface area contributed by atoms with Crippen molar-refractivity contribution in [1.82, 2.24) is 20.2 Å². The van der Waals surface area contributed by atoms with Crippen LogP contribution in [0.1, 0.15) is 38.3 Å². The zero-order chi connectivity index (χ0) is 17.3. The fourth-order valence-electron chi connectivity index (χ4n) is 3.09.